The Morgan fingerprint density at radius 2 is 1.67 bits per heavy atom. The first-order valence-corrected chi connectivity index (χ1v) is 8.35. The molecule has 0 unspecified atom stereocenters. The zero-order valence-electron chi connectivity index (χ0n) is 11.6. The van der Waals surface area contributed by atoms with Gasteiger partial charge in [-0.2, -0.15) is 0 Å². The monoisotopic (exact) mass is 418 g/mol. The van der Waals surface area contributed by atoms with Gasteiger partial charge in [-0.25, -0.2) is 4.57 Å². The summed E-state index contributed by atoms with van der Waals surface area (Å²) in [5.74, 6) is -0.680. The normalized spacial score (nSPS) is 11.0. The van der Waals surface area contributed by atoms with Crippen molar-refractivity contribution in [3.05, 3.63) is 71.1 Å². The van der Waals surface area contributed by atoms with Crippen LogP contribution in [0.1, 0.15) is 10.4 Å². The van der Waals surface area contributed by atoms with Crippen LogP contribution in [0.2, 0.25) is 20.1 Å². The van der Waals surface area contributed by atoms with E-state index in [1.807, 2.05) is 0 Å². The van der Waals surface area contributed by atoms with Gasteiger partial charge in [0.25, 0.3) is 11.5 Å². The fourth-order valence-electron chi connectivity index (χ4n) is 2.21. The number of aromatic nitrogens is 2. The Hall–Kier alpha value is -1.37. The second-order valence-electron chi connectivity index (χ2n) is 4.81. The van der Waals surface area contributed by atoms with Crippen LogP contribution < -0.4 is 5.56 Å². The second kappa shape index (κ2) is 6.50. The first kappa shape index (κ1) is 17.5. The molecule has 0 fully saturated rings. The van der Waals surface area contributed by atoms with Gasteiger partial charge in [0, 0.05) is 10.0 Å². The topological polar surface area (TPSA) is 54.9 Å². The second-order valence-corrected chi connectivity index (χ2v) is 6.88. The van der Waals surface area contributed by atoms with Gasteiger partial charge in [-0.05, 0) is 42.5 Å². The molecule has 24 heavy (non-hydrogen) atoms. The fraction of sp³-hybridized carbons (Fsp3) is 0. The van der Waals surface area contributed by atoms with Crippen LogP contribution in [0.15, 0.2) is 35.1 Å². The summed E-state index contributed by atoms with van der Waals surface area (Å²) in [6.07, 6.45) is 0. The van der Waals surface area contributed by atoms with E-state index in [1.54, 1.807) is 0 Å². The number of benzene rings is 2. The summed E-state index contributed by atoms with van der Waals surface area (Å²) < 4.78 is 0.701. The molecule has 3 aromatic rings. The number of hydrogen-bond donors (Lipinski definition) is 1. The molecule has 0 spiro atoms. The van der Waals surface area contributed by atoms with E-state index in [1.165, 1.54) is 30.3 Å². The lowest BCUT2D eigenvalue weighted by Crippen LogP contribution is -2.29. The van der Waals surface area contributed by atoms with Crippen molar-refractivity contribution in [1.29, 1.82) is 0 Å². The van der Waals surface area contributed by atoms with Crippen LogP contribution in [-0.4, -0.2) is 15.5 Å². The van der Waals surface area contributed by atoms with E-state index in [2.05, 4.69) is 4.98 Å². The molecule has 0 saturated heterocycles. The Bertz CT molecular complexity index is 1120. The number of rotatable bonds is 1. The predicted molar refractivity (Wildman–Crippen MR) is 99.6 cm³/mol. The van der Waals surface area contributed by atoms with Crippen molar-refractivity contribution in [3.8, 4) is 0 Å². The minimum Gasteiger partial charge on any atom is -0.330 e. The number of carbonyl (C=O) groups is 1. The summed E-state index contributed by atoms with van der Waals surface area (Å²) >= 11 is 29.0. The maximum atomic E-state index is 12.7. The van der Waals surface area contributed by atoms with Gasteiger partial charge in [-0.1, -0.05) is 46.4 Å². The molecule has 9 heteroatoms. The maximum Gasteiger partial charge on any atom is 0.269 e. The molecule has 2 aromatic carbocycles. The lowest BCUT2D eigenvalue weighted by atomic mass is 10.2. The average Bonchev–Trinajstić information content (AvgIpc) is 2.48. The smallest absolute Gasteiger partial charge is 0.269 e. The summed E-state index contributed by atoms with van der Waals surface area (Å²) in [5, 5.41) is 1.10. The third-order valence-corrected chi connectivity index (χ3v) is 4.64. The first-order chi connectivity index (χ1) is 11.3. The zero-order valence-corrected chi connectivity index (χ0v) is 15.4. The molecule has 0 radical (unpaired) electrons. The minimum atomic E-state index is -0.680. The Kier molecular flexibility index (Phi) is 4.73. The van der Waals surface area contributed by atoms with Crippen LogP contribution in [-0.2, 0) is 0 Å². The molecule has 1 N–H and O–H groups in total. The molecule has 0 saturated carbocycles. The highest BCUT2D eigenvalue weighted by Gasteiger charge is 2.18. The predicted octanol–water partition coefficient (Wildman–Crippen LogP) is 5.36. The van der Waals surface area contributed by atoms with Crippen molar-refractivity contribution in [3.63, 3.8) is 0 Å². The number of nitrogens with one attached hydrogen (secondary N) is 1. The van der Waals surface area contributed by atoms with Crippen molar-refractivity contribution in [2.24, 2.45) is 0 Å². The Labute approximate surface area is 160 Å². The van der Waals surface area contributed by atoms with Crippen LogP contribution in [0.3, 0.4) is 0 Å². The largest absolute Gasteiger partial charge is 0.330 e. The maximum absolute atomic E-state index is 12.7. The number of halogens is 4. The van der Waals surface area contributed by atoms with E-state index in [0.29, 0.717) is 10.5 Å². The molecule has 0 aliphatic heterocycles. The molecular formula is C15H6Cl4N2O2S. The standard InChI is InChI=1S/C15H6Cl4N2O2S/c16-6-1-2-8(10(18)4-6)13(22)21-14(23)9-3-7(17)5-11(19)12(9)20-15(21)24/h1-5H,(H,20,24). The third kappa shape index (κ3) is 2.98. The van der Waals surface area contributed by atoms with E-state index in [0.717, 1.165) is 4.57 Å². The van der Waals surface area contributed by atoms with Crippen LogP contribution in [0.25, 0.3) is 10.9 Å². The van der Waals surface area contributed by atoms with Gasteiger partial charge >= 0.3 is 0 Å². The molecule has 3 rings (SSSR count). The Morgan fingerprint density at radius 3 is 2.33 bits per heavy atom. The molecule has 0 amide bonds. The third-order valence-electron chi connectivity index (χ3n) is 3.29. The number of aromatic amines is 1. The molecule has 4 nitrogen and oxygen atoms in total. The molecule has 0 atom stereocenters. The lowest BCUT2D eigenvalue weighted by Gasteiger charge is -2.09. The zero-order chi connectivity index (χ0) is 17.6. The SMILES string of the molecule is O=C(c1ccc(Cl)cc1Cl)n1c(=S)[nH]c2c(Cl)cc(Cl)cc2c1=O. The number of hydrogen-bond acceptors (Lipinski definition) is 3. The number of nitrogens with zero attached hydrogens (tertiary/aromatic N) is 1. The molecule has 0 aliphatic carbocycles. The van der Waals surface area contributed by atoms with Crippen molar-refractivity contribution >= 4 is 75.4 Å². The van der Waals surface area contributed by atoms with E-state index in [-0.39, 0.29) is 30.8 Å². The van der Waals surface area contributed by atoms with Gasteiger partial charge < -0.3 is 4.98 Å². The summed E-state index contributed by atoms with van der Waals surface area (Å²) in [6, 6.07) is 7.20. The molecule has 122 valence electrons. The van der Waals surface area contributed by atoms with Crippen molar-refractivity contribution in [2.45, 2.75) is 0 Å². The number of H-pyrrole nitrogens is 1. The van der Waals surface area contributed by atoms with Gasteiger partial charge in [0.05, 0.1) is 26.5 Å². The van der Waals surface area contributed by atoms with Crippen LogP contribution >= 0.6 is 58.6 Å². The summed E-state index contributed by atoms with van der Waals surface area (Å²) in [7, 11) is 0. The van der Waals surface area contributed by atoms with Crippen LogP contribution in [0.5, 0.6) is 0 Å². The molecular weight excluding hydrogens is 414 g/mol. The molecule has 0 aliphatic rings. The fourth-order valence-corrected chi connectivity index (χ4v) is 3.51. The van der Waals surface area contributed by atoms with Crippen molar-refractivity contribution in [1.82, 2.24) is 9.55 Å². The summed E-state index contributed by atoms with van der Waals surface area (Å²) in [4.78, 5) is 28.2. The van der Waals surface area contributed by atoms with E-state index < -0.39 is 11.5 Å². The molecule has 0 bridgehead atoms. The Balaban J connectivity index is 2.32. The summed E-state index contributed by atoms with van der Waals surface area (Å²) in [5.41, 5.74) is -0.244. The lowest BCUT2D eigenvalue weighted by molar-refractivity contribution is 0.0954. The van der Waals surface area contributed by atoms with Crippen molar-refractivity contribution < 1.29 is 4.79 Å². The molecule has 1 aromatic heterocycles. The van der Waals surface area contributed by atoms with Gasteiger partial charge in [0.1, 0.15) is 0 Å². The number of carbonyl (C=O) groups excluding carboxylic acids is 1. The highest BCUT2D eigenvalue weighted by molar-refractivity contribution is 7.71. The van der Waals surface area contributed by atoms with Gasteiger partial charge in [-0.3, -0.25) is 9.59 Å². The molecule has 1 heterocycles. The highest BCUT2D eigenvalue weighted by atomic mass is 35.5. The number of fused-ring (bicyclic) bond motifs is 1. The van der Waals surface area contributed by atoms with Gasteiger partial charge in [-0.15, -0.1) is 0 Å². The van der Waals surface area contributed by atoms with E-state index >= 15 is 0 Å². The average molecular weight is 420 g/mol. The van der Waals surface area contributed by atoms with Crippen LogP contribution in [0.4, 0.5) is 0 Å². The Morgan fingerprint density at radius 1 is 1.00 bits per heavy atom. The highest BCUT2D eigenvalue weighted by Crippen LogP contribution is 2.25. The summed E-state index contributed by atoms with van der Waals surface area (Å²) in [6.45, 7) is 0. The van der Waals surface area contributed by atoms with Crippen molar-refractivity contribution in [2.75, 3.05) is 0 Å². The van der Waals surface area contributed by atoms with Gasteiger partial charge in [0.2, 0.25) is 0 Å². The quantitative estimate of drug-likeness (QED) is 0.540. The van der Waals surface area contributed by atoms with E-state index in [9.17, 15) is 9.59 Å². The minimum absolute atomic E-state index is 0.0927. The first-order valence-electron chi connectivity index (χ1n) is 6.43. The van der Waals surface area contributed by atoms with Gasteiger partial charge in [0.15, 0.2) is 4.77 Å². The van der Waals surface area contributed by atoms with Crippen LogP contribution in [0, 0.1) is 4.77 Å². The van der Waals surface area contributed by atoms with E-state index in [4.69, 9.17) is 58.6 Å².